The van der Waals surface area contributed by atoms with Crippen LogP contribution in [0.3, 0.4) is 0 Å². The summed E-state index contributed by atoms with van der Waals surface area (Å²) < 4.78 is 39.1. The molecular weight excluding hydrogens is 465 g/mol. The van der Waals surface area contributed by atoms with E-state index < -0.39 is 11.7 Å². The van der Waals surface area contributed by atoms with Crippen LogP contribution in [0.4, 0.5) is 24.7 Å². The van der Waals surface area contributed by atoms with Crippen molar-refractivity contribution in [3.8, 4) is 0 Å². The summed E-state index contributed by atoms with van der Waals surface area (Å²) in [4.78, 5) is 22.9. The number of halogens is 3. The second-order valence-electron chi connectivity index (χ2n) is 8.21. The van der Waals surface area contributed by atoms with Gasteiger partial charge in [0.05, 0.1) is 5.56 Å². The van der Waals surface area contributed by atoms with Crippen molar-refractivity contribution in [3.63, 3.8) is 0 Å². The van der Waals surface area contributed by atoms with E-state index in [1.807, 2.05) is 49.3 Å². The van der Waals surface area contributed by atoms with Crippen LogP contribution < -0.4 is 10.2 Å². The van der Waals surface area contributed by atoms with E-state index in [9.17, 15) is 18.0 Å². The highest BCUT2D eigenvalue weighted by molar-refractivity contribution is 6.06. The molecule has 0 aliphatic rings. The van der Waals surface area contributed by atoms with Crippen molar-refractivity contribution < 1.29 is 18.0 Å². The molecule has 0 aliphatic heterocycles. The van der Waals surface area contributed by atoms with Crippen molar-refractivity contribution in [1.29, 1.82) is 0 Å². The van der Waals surface area contributed by atoms with Gasteiger partial charge in [0.1, 0.15) is 5.82 Å². The molecule has 0 atom stereocenters. The average Bonchev–Trinajstić information content (AvgIpc) is 2.86. The fourth-order valence-corrected chi connectivity index (χ4v) is 3.65. The average molecular weight is 489 g/mol. The Morgan fingerprint density at radius 3 is 2.36 bits per heavy atom. The summed E-state index contributed by atoms with van der Waals surface area (Å²) in [6.45, 7) is 0. The largest absolute Gasteiger partial charge is 0.416 e. The molecule has 0 bridgehead atoms. The zero-order valence-electron chi connectivity index (χ0n) is 19.6. The van der Waals surface area contributed by atoms with E-state index in [1.54, 1.807) is 36.8 Å². The minimum Gasteiger partial charge on any atom is -0.363 e. The third-order valence-electron chi connectivity index (χ3n) is 5.49. The molecule has 0 unspecified atom stereocenters. The highest BCUT2D eigenvalue weighted by Gasteiger charge is 2.30. The molecule has 0 spiro atoms. The number of alkyl halides is 3. The molecule has 0 fully saturated rings. The smallest absolute Gasteiger partial charge is 0.363 e. The Labute approximate surface area is 206 Å². The van der Waals surface area contributed by atoms with E-state index in [4.69, 9.17) is 0 Å². The van der Waals surface area contributed by atoms with Gasteiger partial charge in [-0.25, -0.2) is 4.98 Å². The van der Waals surface area contributed by atoms with Crippen LogP contribution in [0, 0.1) is 0 Å². The summed E-state index contributed by atoms with van der Waals surface area (Å²) in [5.41, 5.74) is 1.81. The van der Waals surface area contributed by atoms with Crippen molar-refractivity contribution >= 4 is 33.8 Å². The van der Waals surface area contributed by atoms with Gasteiger partial charge in [-0.15, -0.1) is 0 Å². The van der Waals surface area contributed by atoms with Crippen LogP contribution in [0.15, 0.2) is 97.5 Å². The highest BCUT2D eigenvalue weighted by atomic mass is 19.4. The zero-order valence-corrected chi connectivity index (χ0v) is 19.6. The van der Waals surface area contributed by atoms with Crippen molar-refractivity contribution in [2.75, 3.05) is 24.3 Å². The first-order valence-corrected chi connectivity index (χ1v) is 11.1. The predicted octanol–water partition coefficient (Wildman–Crippen LogP) is 6.34. The van der Waals surface area contributed by atoms with Crippen LogP contribution in [0.1, 0.15) is 16.7 Å². The van der Waals surface area contributed by atoms with Gasteiger partial charge in [-0.3, -0.25) is 9.78 Å². The van der Waals surface area contributed by atoms with Gasteiger partial charge in [0.25, 0.3) is 0 Å². The van der Waals surface area contributed by atoms with Crippen molar-refractivity contribution in [2.45, 2.75) is 6.18 Å². The summed E-state index contributed by atoms with van der Waals surface area (Å²) in [7, 11) is 3.73. The van der Waals surface area contributed by atoms with Gasteiger partial charge in [-0.2, -0.15) is 13.2 Å². The number of hydrogen-bond acceptors (Lipinski definition) is 4. The number of amides is 1. The SMILES string of the molecule is CN(C)c1ccc(/C(=C/C=C/C(=O)Nc2cccc3cnccc23)c2ccc(C(F)(F)F)cc2)cn1. The molecule has 0 aliphatic carbocycles. The monoisotopic (exact) mass is 488 g/mol. The van der Waals surface area contributed by atoms with Gasteiger partial charge < -0.3 is 10.2 Å². The Bertz CT molecular complexity index is 1420. The van der Waals surface area contributed by atoms with E-state index >= 15 is 0 Å². The number of aromatic nitrogens is 2. The van der Waals surface area contributed by atoms with Crippen molar-refractivity contribution in [2.24, 2.45) is 0 Å². The molecule has 1 N–H and O–H groups in total. The Hall–Kier alpha value is -4.46. The second-order valence-corrected chi connectivity index (χ2v) is 8.21. The molecule has 0 saturated carbocycles. The Morgan fingerprint density at radius 1 is 0.944 bits per heavy atom. The molecule has 2 aromatic heterocycles. The lowest BCUT2D eigenvalue weighted by molar-refractivity contribution is -0.137. The topological polar surface area (TPSA) is 58.1 Å². The zero-order chi connectivity index (χ0) is 25.7. The van der Waals surface area contributed by atoms with Crippen molar-refractivity contribution in [1.82, 2.24) is 9.97 Å². The number of carbonyl (C=O) groups is 1. The van der Waals surface area contributed by atoms with Gasteiger partial charge in [0.2, 0.25) is 5.91 Å². The standard InChI is InChI=1S/C28H23F3N4O/c1-35(2)26-14-11-21(18-33-26)23(19-9-12-22(13-10-19)28(29,30)31)6-4-8-27(36)34-25-7-3-5-20-17-32-16-15-24(20)25/h3-18H,1-2H3,(H,34,36)/b8-4+,23-6+. The number of anilines is 2. The number of hydrogen-bond donors (Lipinski definition) is 1. The first kappa shape index (κ1) is 24.7. The van der Waals surface area contributed by atoms with Gasteiger partial charge in [-0.05, 0) is 47.5 Å². The molecule has 1 amide bonds. The maximum atomic E-state index is 13.0. The predicted molar refractivity (Wildman–Crippen MR) is 137 cm³/mol. The lowest BCUT2D eigenvalue weighted by Crippen LogP contribution is -2.10. The fourth-order valence-electron chi connectivity index (χ4n) is 3.65. The highest BCUT2D eigenvalue weighted by Crippen LogP contribution is 2.31. The molecule has 36 heavy (non-hydrogen) atoms. The first-order chi connectivity index (χ1) is 17.2. The number of allylic oxidation sites excluding steroid dienone is 2. The van der Waals surface area contributed by atoms with Gasteiger partial charge in [-0.1, -0.05) is 36.4 Å². The molecule has 4 aromatic rings. The number of nitrogens with one attached hydrogen (secondary N) is 1. The molecule has 2 aromatic carbocycles. The number of pyridine rings is 2. The summed E-state index contributed by atoms with van der Waals surface area (Å²) in [5, 5.41) is 4.62. The number of rotatable bonds is 6. The summed E-state index contributed by atoms with van der Waals surface area (Å²) in [6, 6.07) is 15.9. The van der Waals surface area contributed by atoms with Crippen molar-refractivity contribution in [3.05, 3.63) is 114 Å². The van der Waals surface area contributed by atoms with Crippen LogP contribution in [0.2, 0.25) is 0 Å². The first-order valence-electron chi connectivity index (χ1n) is 11.1. The molecular formula is C28H23F3N4O. The van der Waals surface area contributed by atoms with E-state index in [2.05, 4.69) is 15.3 Å². The molecule has 4 rings (SSSR count). The molecule has 0 radical (unpaired) electrons. The number of fused-ring (bicyclic) bond motifs is 1. The lowest BCUT2D eigenvalue weighted by atomic mass is 9.97. The minimum atomic E-state index is -4.42. The molecule has 182 valence electrons. The van der Waals surface area contributed by atoms with Crippen LogP contribution in [0.5, 0.6) is 0 Å². The van der Waals surface area contributed by atoms with Gasteiger partial charge in [0.15, 0.2) is 0 Å². The van der Waals surface area contributed by atoms with Gasteiger partial charge in [0, 0.05) is 60.8 Å². The number of nitrogens with zero attached hydrogens (tertiary/aromatic N) is 3. The fraction of sp³-hybridized carbons (Fsp3) is 0.107. The quantitative estimate of drug-likeness (QED) is 0.254. The van der Waals surface area contributed by atoms with Crippen LogP contribution in [-0.4, -0.2) is 30.0 Å². The molecule has 5 nitrogen and oxygen atoms in total. The third kappa shape index (κ3) is 5.78. The maximum Gasteiger partial charge on any atom is 0.416 e. The van der Waals surface area contributed by atoms with Crippen LogP contribution in [-0.2, 0) is 11.0 Å². The minimum absolute atomic E-state index is 0.344. The molecule has 8 heteroatoms. The van der Waals surface area contributed by atoms with E-state index in [0.29, 0.717) is 22.4 Å². The summed E-state index contributed by atoms with van der Waals surface area (Å²) in [5.74, 6) is 0.397. The second kappa shape index (κ2) is 10.4. The summed E-state index contributed by atoms with van der Waals surface area (Å²) >= 11 is 0. The molecule has 0 saturated heterocycles. The van der Waals surface area contributed by atoms with Gasteiger partial charge >= 0.3 is 6.18 Å². The van der Waals surface area contributed by atoms with Crippen LogP contribution in [0.25, 0.3) is 16.3 Å². The Balaban J connectivity index is 1.62. The Kier molecular flexibility index (Phi) is 7.15. The third-order valence-corrected chi connectivity index (χ3v) is 5.49. The van der Waals surface area contributed by atoms with E-state index in [1.165, 1.54) is 18.2 Å². The number of carbonyl (C=O) groups excluding carboxylic acids is 1. The summed E-state index contributed by atoms with van der Waals surface area (Å²) in [6.07, 6.45) is 5.21. The van der Waals surface area contributed by atoms with E-state index in [-0.39, 0.29) is 5.91 Å². The lowest BCUT2D eigenvalue weighted by Gasteiger charge is -2.13. The van der Waals surface area contributed by atoms with Crippen LogP contribution >= 0.6 is 0 Å². The molecule has 2 heterocycles. The van der Waals surface area contributed by atoms with E-state index in [0.717, 1.165) is 28.7 Å². The number of benzene rings is 2. The maximum absolute atomic E-state index is 13.0. The normalized spacial score (nSPS) is 12.2. The Morgan fingerprint density at radius 2 is 1.69 bits per heavy atom.